The number of piperidine rings is 1. The van der Waals surface area contributed by atoms with Gasteiger partial charge in [-0.25, -0.2) is 0 Å². The zero-order valence-electron chi connectivity index (χ0n) is 14.1. The summed E-state index contributed by atoms with van der Waals surface area (Å²) in [6.45, 7) is 9.39. The third kappa shape index (κ3) is 4.72. The number of aryl methyl sites for hydroxylation is 1. The number of rotatable bonds is 4. The molecule has 0 radical (unpaired) electrons. The minimum atomic E-state index is -0.322. The summed E-state index contributed by atoms with van der Waals surface area (Å²) in [6.07, 6.45) is 2.90. The van der Waals surface area contributed by atoms with E-state index < -0.39 is 0 Å². The second kappa shape index (κ2) is 7.98. The van der Waals surface area contributed by atoms with Crippen LogP contribution in [0.4, 0.5) is 0 Å². The lowest BCUT2D eigenvalue weighted by Crippen LogP contribution is -2.48. The first-order chi connectivity index (χ1) is 9.92. The molecule has 0 saturated carbocycles. The van der Waals surface area contributed by atoms with Gasteiger partial charge in [-0.2, -0.15) is 0 Å². The zero-order chi connectivity index (χ0) is 15.5. The average molecular weight is 325 g/mol. The number of nitrogens with one attached hydrogen (secondary N) is 2. The normalized spacial score (nSPS) is 21.8. The number of carbonyl (C=O) groups is 1. The van der Waals surface area contributed by atoms with E-state index in [4.69, 9.17) is 0 Å². The van der Waals surface area contributed by atoms with Crippen LogP contribution in [0.25, 0.3) is 0 Å². The van der Waals surface area contributed by atoms with Gasteiger partial charge in [-0.05, 0) is 57.7 Å². The summed E-state index contributed by atoms with van der Waals surface area (Å²) in [7, 11) is 0. The Kier molecular flexibility index (Phi) is 6.89. The molecule has 4 heteroatoms. The Morgan fingerprint density at radius 2 is 1.95 bits per heavy atom. The predicted molar refractivity (Wildman–Crippen MR) is 94.4 cm³/mol. The summed E-state index contributed by atoms with van der Waals surface area (Å²) >= 11 is 0. The van der Waals surface area contributed by atoms with Gasteiger partial charge in [0.25, 0.3) is 0 Å². The summed E-state index contributed by atoms with van der Waals surface area (Å²) in [5.74, 6) is 0.323. The standard InChI is InChI=1S/C18H28N2O.ClH/c1-5-14-6-8-16(9-7-14)18(3,4)20-17(21)15-10-11-19-13(2)12-15;/h6-9,13,15,19H,5,10-12H2,1-4H3,(H,20,21);1H/t13-,15-;/m0./s1. The number of hydrogen-bond donors (Lipinski definition) is 2. The first-order valence-corrected chi connectivity index (χ1v) is 8.07. The highest BCUT2D eigenvalue weighted by molar-refractivity contribution is 5.85. The van der Waals surface area contributed by atoms with Gasteiger partial charge in [0.2, 0.25) is 5.91 Å². The van der Waals surface area contributed by atoms with Gasteiger partial charge in [0.15, 0.2) is 0 Å². The monoisotopic (exact) mass is 324 g/mol. The molecule has 1 aromatic carbocycles. The van der Waals surface area contributed by atoms with Crippen molar-refractivity contribution in [2.45, 2.75) is 58.5 Å². The highest BCUT2D eigenvalue weighted by Crippen LogP contribution is 2.23. The molecule has 2 atom stereocenters. The molecule has 0 aromatic heterocycles. The highest BCUT2D eigenvalue weighted by Gasteiger charge is 2.29. The number of halogens is 1. The van der Waals surface area contributed by atoms with Crippen molar-refractivity contribution in [2.24, 2.45) is 5.92 Å². The molecular weight excluding hydrogens is 296 g/mol. The second-order valence-electron chi connectivity index (χ2n) is 6.74. The second-order valence-corrected chi connectivity index (χ2v) is 6.74. The lowest BCUT2D eigenvalue weighted by molar-refractivity contribution is -0.127. The lowest BCUT2D eigenvalue weighted by atomic mass is 9.89. The molecule has 1 amide bonds. The van der Waals surface area contributed by atoms with Gasteiger partial charge in [-0.3, -0.25) is 4.79 Å². The summed E-state index contributed by atoms with van der Waals surface area (Å²) in [5, 5.41) is 6.63. The van der Waals surface area contributed by atoms with Crippen LogP contribution >= 0.6 is 12.4 Å². The molecule has 0 unspecified atom stereocenters. The fraction of sp³-hybridized carbons (Fsp3) is 0.611. The van der Waals surface area contributed by atoms with Gasteiger partial charge in [0, 0.05) is 12.0 Å². The van der Waals surface area contributed by atoms with Gasteiger partial charge >= 0.3 is 0 Å². The first-order valence-electron chi connectivity index (χ1n) is 8.07. The van der Waals surface area contributed by atoms with E-state index in [0.717, 1.165) is 31.4 Å². The summed E-state index contributed by atoms with van der Waals surface area (Å²) in [5.41, 5.74) is 2.17. The van der Waals surface area contributed by atoms with Gasteiger partial charge < -0.3 is 10.6 Å². The van der Waals surface area contributed by atoms with Crippen molar-refractivity contribution in [3.8, 4) is 0 Å². The van der Waals surface area contributed by atoms with Crippen molar-refractivity contribution in [1.29, 1.82) is 0 Å². The molecule has 1 heterocycles. The van der Waals surface area contributed by atoms with Gasteiger partial charge in [0.05, 0.1) is 5.54 Å². The molecule has 1 aliphatic heterocycles. The first kappa shape index (κ1) is 19.0. The largest absolute Gasteiger partial charge is 0.347 e. The molecule has 0 aliphatic carbocycles. The molecule has 124 valence electrons. The Morgan fingerprint density at radius 3 is 2.50 bits per heavy atom. The van der Waals surface area contributed by atoms with E-state index in [-0.39, 0.29) is 29.8 Å². The molecule has 1 aromatic rings. The number of carbonyl (C=O) groups excluding carboxylic acids is 1. The van der Waals surface area contributed by atoms with E-state index in [1.807, 2.05) is 0 Å². The minimum absolute atomic E-state index is 0. The Hall–Kier alpha value is -1.06. The van der Waals surface area contributed by atoms with Crippen molar-refractivity contribution >= 4 is 18.3 Å². The Balaban J connectivity index is 0.00000242. The molecule has 3 nitrogen and oxygen atoms in total. The highest BCUT2D eigenvalue weighted by atomic mass is 35.5. The van der Waals surface area contributed by atoms with Crippen LogP contribution in [0.2, 0.25) is 0 Å². The Bertz CT molecular complexity index is 484. The Labute approximate surface area is 140 Å². The molecule has 0 bridgehead atoms. The molecule has 2 N–H and O–H groups in total. The van der Waals surface area contributed by atoms with Crippen LogP contribution in [0.15, 0.2) is 24.3 Å². The topological polar surface area (TPSA) is 41.1 Å². The Morgan fingerprint density at radius 1 is 1.32 bits per heavy atom. The molecule has 1 fully saturated rings. The van der Waals surface area contributed by atoms with Crippen molar-refractivity contribution in [2.75, 3.05) is 6.54 Å². The van der Waals surface area contributed by atoms with E-state index in [1.54, 1.807) is 0 Å². The van der Waals surface area contributed by atoms with Crippen molar-refractivity contribution in [3.05, 3.63) is 35.4 Å². The quantitative estimate of drug-likeness (QED) is 0.891. The van der Waals surface area contributed by atoms with E-state index in [2.05, 4.69) is 62.6 Å². The van der Waals surface area contributed by atoms with Crippen molar-refractivity contribution in [3.63, 3.8) is 0 Å². The minimum Gasteiger partial charge on any atom is -0.347 e. The molecule has 0 spiro atoms. The van der Waals surface area contributed by atoms with Crippen LogP contribution in [0, 0.1) is 5.92 Å². The van der Waals surface area contributed by atoms with E-state index in [0.29, 0.717) is 6.04 Å². The summed E-state index contributed by atoms with van der Waals surface area (Å²) in [4.78, 5) is 12.5. The van der Waals surface area contributed by atoms with Crippen molar-refractivity contribution in [1.82, 2.24) is 10.6 Å². The van der Waals surface area contributed by atoms with Crippen LogP contribution in [-0.2, 0) is 16.8 Å². The number of benzene rings is 1. The van der Waals surface area contributed by atoms with Gasteiger partial charge in [-0.1, -0.05) is 31.2 Å². The van der Waals surface area contributed by atoms with Crippen LogP contribution < -0.4 is 10.6 Å². The van der Waals surface area contributed by atoms with Crippen LogP contribution in [-0.4, -0.2) is 18.5 Å². The lowest BCUT2D eigenvalue weighted by Gasteiger charge is -2.32. The third-order valence-electron chi connectivity index (χ3n) is 4.51. The number of hydrogen-bond acceptors (Lipinski definition) is 2. The van der Waals surface area contributed by atoms with E-state index in [1.165, 1.54) is 5.56 Å². The zero-order valence-corrected chi connectivity index (χ0v) is 14.9. The maximum Gasteiger partial charge on any atom is 0.223 e. The van der Waals surface area contributed by atoms with E-state index >= 15 is 0 Å². The fourth-order valence-electron chi connectivity index (χ4n) is 3.01. The molecular formula is C18H29ClN2O. The van der Waals surface area contributed by atoms with Gasteiger partial charge in [0.1, 0.15) is 0 Å². The SMILES string of the molecule is CCc1ccc(C(C)(C)NC(=O)[C@H]2CCN[C@@H](C)C2)cc1.Cl. The van der Waals surface area contributed by atoms with Crippen molar-refractivity contribution < 1.29 is 4.79 Å². The predicted octanol–water partition coefficient (Wildman–Crippen LogP) is 3.41. The maximum atomic E-state index is 12.5. The van der Waals surface area contributed by atoms with Crippen LogP contribution in [0.3, 0.4) is 0 Å². The van der Waals surface area contributed by atoms with Crippen LogP contribution in [0.1, 0.15) is 51.7 Å². The average Bonchev–Trinajstić information content (AvgIpc) is 2.47. The summed E-state index contributed by atoms with van der Waals surface area (Å²) in [6, 6.07) is 8.99. The third-order valence-corrected chi connectivity index (χ3v) is 4.51. The molecule has 1 saturated heterocycles. The maximum absolute atomic E-state index is 12.5. The molecule has 22 heavy (non-hydrogen) atoms. The molecule has 2 rings (SSSR count). The summed E-state index contributed by atoms with van der Waals surface area (Å²) < 4.78 is 0. The fourth-order valence-corrected chi connectivity index (χ4v) is 3.01. The van der Waals surface area contributed by atoms with E-state index in [9.17, 15) is 4.79 Å². The smallest absolute Gasteiger partial charge is 0.223 e. The molecule has 1 aliphatic rings. The number of amides is 1. The van der Waals surface area contributed by atoms with Gasteiger partial charge in [-0.15, -0.1) is 12.4 Å². The van der Waals surface area contributed by atoms with Crippen LogP contribution in [0.5, 0.6) is 0 Å².